The minimum atomic E-state index is -0.752. The Morgan fingerprint density at radius 2 is 1.43 bits per heavy atom. The van der Waals surface area contributed by atoms with Gasteiger partial charge in [-0.2, -0.15) is 0 Å². The van der Waals surface area contributed by atoms with E-state index in [0.29, 0.717) is 11.5 Å². The largest absolute Gasteiger partial charge is 0.388 e. The molecule has 0 radical (unpaired) electrons. The Morgan fingerprint density at radius 3 is 1.86 bits per heavy atom. The van der Waals surface area contributed by atoms with Gasteiger partial charge < -0.3 is 10.8 Å². The molecule has 0 fully saturated rings. The Balaban J connectivity index is 0.00000392. The summed E-state index contributed by atoms with van der Waals surface area (Å²) < 4.78 is 13.0. The number of rotatable bonds is 4. The summed E-state index contributed by atoms with van der Waals surface area (Å²) in [6.45, 7) is 13.0. The second-order valence-electron chi connectivity index (χ2n) is 9.14. The molecule has 2 aromatic rings. The van der Waals surface area contributed by atoms with E-state index >= 15 is 0 Å². The first-order valence-electron chi connectivity index (χ1n) is 9.29. The maximum atomic E-state index is 13.0. The predicted octanol–water partition coefficient (Wildman–Crippen LogP) is 5.95. The minimum absolute atomic E-state index is 0. The second kappa shape index (κ2) is 9.06. The van der Waals surface area contributed by atoms with Crippen molar-refractivity contribution in [3.63, 3.8) is 0 Å². The van der Waals surface area contributed by atoms with Crippen molar-refractivity contribution in [1.82, 2.24) is 0 Å². The van der Waals surface area contributed by atoms with Gasteiger partial charge in [0.1, 0.15) is 11.7 Å². The van der Waals surface area contributed by atoms with Crippen molar-refractivity contribution < 1.29 is 9.50 Å². The summed E-state index contributed by atoms with van der Waals surface area (Å²) in [5.41, 5.74) is 9.74. The molecule has 0 aliphatic rings. The molecule has 2 rings (SSSR count). The molecule has 0 aliphatic carbocycles. The monoisotopic (exact) mass is 406 g/mol. The van der Waals surface area contributed by atoms with E-state index in [1.54, 1.807) is 12.1 Å². The number of nitrogens with two attached hydrogens (primary N) is 1. The van der Waals surface area contributed by atoms with Gasteiger partial charge in [0.2, 0.25) is 0 Å². The number of nitrogens with zero attached hydrogens (tertiary/aromatic N) is 1. The first-order valence-corrected chi connectivity index (χ1v) is 9.29. The average molecular weight is 407 g/mol. The lowest BCUT2D eigenvalue weighted by Crippen LogP contribution is -2.19. The Labute approximate surface area is 174 Å². The van der Waals surface area contributed by atoms with Crippen molar-refractivity contribution in [3.05, 3.63) is 65.0 Å². The van der Waals surface area contributed by atoms with Crippen LogP contribution in [0.5, 0.6) is 0 Å². The molecule has 3 nitrogen and oxygen atoms in total. The van der Waals surface area contributed by atoms with E-state index < -0.39 is 6.10 Å². The molecule has 0 aromatic heterocycles. The van der Waals surface area contributed by atoms with Gasteiger partial charge in [-0.15, -0.1) is 12.4 Å². The topological polar surface area (TPSA) is 58.6 Å². The first kappa shape index (κ1) is 24.1. The van der Waals surface area contributed by atoms with Crippen LogP contribution >= 0.6 is 12.4 Å². The fourth-order valence-electron chi connectivity index (χ4n) is 2.75. The highest BCUT2D eigenvalue weighted by Gasteiger charge is 2.22. The van der Waals surface area contributed by atoms with Crippen molar-refractivity contribution >= 4 is 23.9 Å². The molecule has 1 atom stereocenters. The maximum Gasteiger partial charge on any atom is 0.123 e. The lowest BCUT2D eigenvalue weighted by Gasteiger charge is -2.27. The van der Waals surface area contributed by atoms with Gasteiger partial charge in [0.15, 0.2) is 0 Å². The van der Waals surface area contributed by atoms with Crippen LogP contribution in [0.3, 0.4) is 0 Å². The van der Waals surface area contributed by atoms with Crippen LogP contribution in [0.2, 0.25) is 0 Å². The molecule has 0 heterocycles. The normalized spacial score (nSPS) is 13.8. The Kier molecular flexibility index (Phi) is 7.81. The highest BCUT2D eigenvalue weighted by molar-refractivity contribution is 5.85. The summed E-state index contributed by atoms with van der Waals surface area (Å²) in [6, 6.07) is 12.1. The highest BCUT2D eigenvalue weighted by atomic mass is 35.5. The third kappa shape index (κ3) is 6.61. The third-order valence-electron chi connectivity index (χ3n) is 4.57. The van der Waals surface area contributed by atoms with E-state index in [4.69, 9.17) is 5.73 Å². The predicted molar refractivity (Wildman–Crippen MR) is 118 cm³/mol. The van der Waals surface area contributed by atoms with Crippen LogP contribution in [-0.2, 0) is 10.8 Å². The Hall–Kier alpha value is -1.91. The first-order chi connectivity index (χ1) is 12.4. The van der Waals surface area contributed by atoms with E-state index in [1.165, 1.54) is 23.3 Å². The van der Waals surface area contributed by atoms with E-state index in [2.05, 4.69) is 52.6 Å². The fraction of sp³-hybridized carbons (Fsp3) is 0.435. The van der Waals surface area contributed by atoms with E-state index in [-0.39, 0.29) is 35.5 Å². The van der Waals surface area contributed by atoms with Gasteiger partial charge >= 0.3 is 0 Å². The van der Waals surface area contributed by atoms with Gasteiger partial charge in [-0.25, -0.2) is 9.38 Å². The fourth-order valence-corrected chi connectivity index (χ4v) is 2.75. The van der Waals surface area contributed by atoms with Crippen molar-refractivity contribution in [2.24, 2.45) is 10.7 Å². The summed E-state index contributed by atoms with van der Waals surface area (Å²) >= 11 is 0. The maximum absolute atomic E-state index is 13.0. The molecule has 2 aromatic carbocycles. The van der Waals surface area contributed by atoms with Gasteiger partial charge in [-0.1, -0.05) is 59.7 Å². The number of benzene rings is 2. The smallest absolute Gasteiger partial charge is 0.123 e. The molecule has 0 aliphatic heterocycles. The minimum Gasteiger partial charge on any atom is -0.388 e. The molecule has 5 heteroatoms. The Bertz CT molecular complexity index is 786. The molecule has 1 unspecified atom stereocenters. The van der Waals surface area contributed by atoms with Gasteiger partial charge in [0, 0.05) is 6.42 Å². The number of aliphatic imine (C=N–C) groups is 1. The number of amidine groups is 1. The van der Waals surface area contributed by atoms with Crippen molar-refractivity contribution in [3.8, 4) is 0 Å². The van der Waals surface area contributed by atoms with Crippen LogP contribution in [0.15, 0.2) is 47.5 Å². The summed E-state index contributed by atoms with van der Waals surface area (Å²) in [6.07, 6.45) is -0.535. The van der Waals surface area contributed by atoms with Crippen LogP contribution in [-0.4, -0.2) is 10.9 Å². The van der Waals surface area contributed by atoms with Gasteiger partial charge in [0.25, 0.3) is 0 Å². The SMILES string of the molecule is CC(C)(C)c1cc(C(O)CC(N)=Nc2ccc(F)cc2)cc(C(C)(C)C)c1.Cl. The number of hydrogen-bond donors (Lipinski definition) is 2. The van der Waals surface area contributed by atoms with Gasteiger partial charge in [0.05, 0.1) is 11.8 Å². The molecular formula is C23H32ClFN2O. The summed E-state index contributed by atoms with van der Waals surface area (Å²) in [5.74, 6) is -0.00570. The lowest BCUT2D eigenvalue weighted by atomic mass is 9.79. The second-order valence-corrected chi connectivity index (χ2v) is 9.14. The molecule has 0 amide bonds. The number of hydrogen-bond acceptors (Lipinski definition) is 2. The summed E-state index contributed by atoms with van der Waals surface area (Å²) in [7, 11) is 0. The summed E-state index contributed by atoms with van der Waals surface area (Å²) in [5, 5.41) is 10.8. The molecule has 0 spiro atoms. The van der Waals surface area contributed by atoms with Crippen molar-refractivity contribution in [2.75, 3.05) is 0 Å². The van der Waals surface area contributed by atoms with Crippen LogP contribution in [0.4, 0.5) is 10.1 Å². The van der Waals surface area contributed by atoms with E-state index in [9.17, 15) is 9.50 Å². The molecule has 154 valence electrons. The van der Waals surface area contributed by atoms with Crippen molar-refractivity contribution in [1.29, 1.82) is 0 Å². The van der Waals surface area contributed by atoms with Gasteiger partial charge in [-0.3, -0.25) is 0 Å². The highest BCUT2D eigenvalue weighted by Crippen LogP contribution is 2.32. The quantitative estimate of drug-likeness (QED) is 0.486. The third-order valence-corrected chi connectivity index (χ3v) is 4.57. The summed E-state index contributed by atoms with van der Waals surface area (Å²) in [4.78, 5) is 4.28. The van der Waals surface area contributed by atoms with Gasteiger partial charge in [-0.05, 0) is 51.8 Å². The number of aliphatic hydroxyl groups excluding tert-OH is 1. The van der Waals surface area contributed by atoms with E-state index in [0.717, 1.165) is 5.56 Å². The number of aliphatic hydroxyl groups is 1. The molecule has 0 saturated carbocycles. The van der Waals surface area contributed by atoms with Crippen molar-refractivity contribution in [2.45, 2.75) is 64.9 Å². The number of halogens is 2. The van der Waals surface area contributed by atoms with Crippen LogP contribution < -0.4 is 5.73 Å². The van der Waals surface area contributed by atoms with Crippen LogP contribution in [0, 0.1) is 5.82 Å². The van der Waals surface area contributed by atoms with Crippen LogP contribution in [0.25, 0.3) is 0 Å². The standard InChI is InChI=1S/C23H31FN2O.ClH/c1-22(2,3)16-11-15(12-17(13-16)23(4,5)6)20(27)14-21(25)26-19-9-7-18(24)8-10-19;/h7-13,20,27H,14H2,1-6H3,(H2,25,26);1H. The molecule has 28 heavy (non-hydrogen) atoms. The zero-order valence-corrected chi connectivity index (χ0v) is 18.4. The zero-order valence-electron chi connectivity index (χ0n) is 17.6. The molecule has 0 bridgehead atoms. The lowest BCUT2D eigenvalue weighted by molar-refractivity contribution is 0.185. The average Bonchev–Trinajstić information content (AvgIpc) is 2.55. The molecule has 3 N–H and O–H groups in total. The molecule has 0 saturated heterocycles. The molecular weight excluding hydrogens is 375 g/mol. The van der Waals surface area contributed by atoms with Crippen LogP contribution in [0.1, 0.15) is 70.8 Å². The zero-order chi connectivity index (χ0) is 20.4. The van der Waals surface area contributed by atoms with E-state index in [1.807, 2.05) is 12.1 Å². The Morgan fingerprint density at radius 1 is 0.964 bits per heavy atom.